The third-order valence-corrected chi connectivity index (χ3v) is 3.50. The highest BCUT2D eigenvalue weighted by Gasteiger charge is 2.22. The van der Waals surface area contributed by atoms with Crippen molar-refractivity contribution in [2.24, 2.45) is 0 Å². The second-order valence-corrected chi connectivity index (χ2v) is 4.67. The van der Waals surface area contributed by atoms with Crippen LogP contribution < -0.4 is 0 Å². The first-order valence-electron chi connectivity index (χ1n) is 5.94. The molecule has 2 aliphatic rings. The van der Waals surface area contributed by atoms with Gasteiger partial charge in [-0.1, -0.05) is 6.07 Å². The van der Waals surface area contributed by atoms with Crippen molar-refractivity contribution in [1.82, 2.24) is 4.98 Å². The quantitative estimate of drug-likeness (QED) is 0.683. The number of fused-ring (bicyclic) bond motifs is 2. The molecule has 0 bridgehead atoms. The van der Waals surface area contributed by atoms with Crippen LogP contribution in [0.1, 0.15) is 48.2 Å². The molecule has 16 heavy (non-hydrogen) atoms. The van der Waals surface area contributed by atoms with Gasteiger partial charge in [-0.15, -0.1) is 0 Å². The Hall–Kier alpha value is -1.51. The van der Waals surface area contributed by atoms with Crippen molar-refractivity contribution in [2.45, 2.75) is 38.5 Å². The Labute approximate surface area is 94.9 Å². The van der Waals surface area contributed by atoms with Gasteiger partial charge in [-0.2, -0.15) is 0 Å². The minimum atomic E-state index is 0.655. The van der Waals surface area contributed by atoms with Gasteiger partial charge < -0.3 is 10.8 Å². The number of hydrogen-bond donors (Lipinski definition) is 2. The first-order valence-corrected chi connectivity index (χ1v) is 5.94. The van der Waals surface area contributed by atoms with Crippen molar-refractivity contribution < 1.29 is 0 Å². The van der Waals surface area contributed by atoms with E-state index in [0.717, 1.165) is 49.9 Å². The minimum absolute atomic E-state index is 0.655. The fraction of sp³-hybridized carbons (Fsp3) is 0.462. The van der Waals surface area contributed by atoms with Crippen LogP contribution in [-0.2, 0) is 12.8 Å². The first kappa shape index (κ1) is 9.70. The lowest BCUT2D eigenvalue weighted by molar-refractivity contribution is 0.788. The van der Waals surface area contributed by atoms with E-state index >= 15 is 0 Å². The molecule has 1 aromatic rings. The molecule has 0 radical (unpaired) electrons. The molecule has 0 atom stereocenters. The summed E-state index contributed by atoms with van der Waals surface area (Å²) >= 11 is 0. The molecule has 1 aromatic heterocycles. The van der Waals surface area contributed by atoms with Crippen molar-refractivity contribution in [2.75, 3.05) is 0 Å². The fourth-order valence-electron chi connectivity index (χ4n) is 2.65. The maximum absolute atomic E-state index is 7.92. The van der Waals surface area contributed by atoms with Crippen molar-refractivity contribution in [1.29, 1.82) is 10.8 Å². The number of aryl methyl sites for hydroxylation is 2. The molecule has 0 fully saturated rings. The Morgan fingerprint density at radius 2 is 1.31 bits per heavy atom. The van der Waals surface area contributed by atoms with Gasteiger partial charge >= 0.3 is 0 Å². The van der Waals surface area contributed by atoms with Crippen LogP contribution in [0.5, 0.6) is 0 Å². The van der Waals surface area contributed by atoms with Crippen molar-refractivity contribution in [3.63, 3.8) is 0 Å². The lowest BCUT2D eigenvalue weighted by Crippen LogP contribution is -2.20. The zero-order chi connectivity index (χ0) is 11.1. The summed E-state index contributed by atoms with van der Waals surface area (Å²) in [4.78, 5) is 4.57. The summed E-state index contributed by atoms with van der Waals surface area (Å²) in [6.07, 6.45) is 5.92. The van der Waals surface area contributed by atoms with Crippen molar-refractivity contribution in [3.05, 3.63) is 28.6 Å². The van der Waals surface area contributed by atoms with Crippen LogP contribution >= 0.6 is 0 Å². The van der Waals surface area contributed by atoms with E-state index in [0.29, 0.717) is 11.4 Å². The number of pyridine rings is 1. The second-order valence-electron chi connectivity index (χ2n) is 4.67. The SMILES string of the molecule is N=C1CCCc2cc3c(nc21)C(=N)CCC3. The predicted molar refractivity (Wildman–Crippen MR) is 63.8 cm³/mol. The Morgan fingerprint density at radius 3 is 1.81 bits per heavy atom. The van der Waals surface area contributed by atoms with E-state index in [-0.39, 0.29) is 0 Å². The molecule has 0 saturated heterocycles. The van der Waals surface area contributed by atoms with E-state index in [9.17, 15) is 0 Å². The summed E-state index contributed by atoms with van der Waals surface area (Å²) in [5.74, 6) is 0. The van der Waals surface area contributed by atoms with E-state index in [4.69, 9.17) is 10.8 Å². The van der Waals surface area contributed by atoms with Gasteiger partial charge in [0.2, 0.25) is 0 Å². The smallest absolute Gasteiger partial charge is 0.0877 e. The molecule has 0 saturated carbocycles. The molecular formula is C13H15N3. The average Bonchev–Trinajstić information content (AvgIpc) is 2.28. The van der Waals surface area contributed by atoms with Crippen molar-refractivity contribution in [3.8, 4) is 0 Å². The van der Waals surface area contributed by atoms with Gasteiger partial charge in [0, 0.05) is 0 Å². The van der Waals surface area contributed by atoms with E-state index in [2.05, 4.69) is 11.1 Å². The van der Waals surface area contributed by atoms with Crippen LogP contribution in [-0.4, -0.2) is 16.4 Å². The summed E-state index contributed by atoms with van der Waals surface area (Å²) in [6.45, 7) is 0. The molecule has 2 aliphatic carbocycles. The highest BCUT2D eigenvalue weighted by Crippen LogP contribution is 2.26. The molecule has 0 amide bonds. The maximum Gasteiger partial charge on any atom is 0.0877 e. The van der Waals surface area contributed by atoms with Gasteiger partial charge in [0.25, 0.3) is 0 Å². The fourth-order valence-corrected chi connectivity index (χ4v) is 2.65. The first-order chi connectivity index (χ1) is 7.75. The largest absolute Gasteiger partial charge is 0.303 e. The molecule has 0 spiro atoms. The van der Waals surface area contributed by atoms with Crippen LogP contribution in [0, 0.1) is 10.8 Å². The van der Waals surface area contributed by atoms with Gasteiger partial charge in [-0.25, -0.2) is 4.98 Å². The summed E-state index contributed by atoms with van der Waals surface area (Å²) in [6, 6.07) is 2.19. The summed E-state index contributed by atoms with van der Waals surface area (Å²) in [7, 11) is 0. The Morgan fingerprint density at radius 1 is 0.812 bits per heavy atom. The van der Waals surface area contributed by atoms with E-state index in [1.54, 1.807) is 0 Å². The summed E-state index contributed by atoms with van der Waals surface area (Å²) < 4.78 is 0. The molecule has 0 aliphatic heterocycles. The molecule has 2 N–H and O–H groups in total. The lowest BCUT2D eigenvalue weighted by Gasteiger charge is -2.22. The maximum atomic E-state index is 7.92. The molecule has 3 heteroatoms. The normalized spacial score (nSPS) is 19.2. The zero-order valence-corrected chi connectivity index (χ0v) is 9.27. The number of hydrogen-bond acceptors (Lipinski definition) is 3. The average molecular weight is 213 g/mol. The van der Waals surface area contributed by atoms with Crippen LogP contribution in [0.4, 0.5) is 0 Å². The van der Waals surface area contributed by atoms with Crippen LogP contribution in [0.2, 0.25) is 0 Å². The van der Waals surface area contributed by atoms with Gasteiger partial charge in [-0.3, -0.25) is 0 Å². The van der Waals surface area contributed by atoms with E-state index in [1.165, 1.54) is 11.1 Å². The third-order valence-electron chi connectivity index (χ3n) is 3.50. The Kier molecular flexibility index (Phi) is 2.13. The molecule has 3 rings (SSSR count). The zero-order valence-electron chi connectivity index (χ0n) is 9.27. The van der Waals surface area contributed by atoms with Gasteiger partial charge in [0.05, 0.1) is 22.8 Å². The Balaban J connectivity index is 2.18. The molecule has 82 valence electrons. The molecule has 0 unspecified atom stereocenters. The molecule has 3 nitrogen and oxygen atoms in total. The lowest BCUT2D eigenvalue weighted by atomic mass is 9.88. The van der Waals surface area contributed by atoms with Gasteiger partial charge in [0.15, 0.2) is 0 Å². The topological polar surface area (TPSA) is 60.6 Å². The predicted octanol–water partition coefficient (Wildman–Crippen LogP) is 2.49. The highest BCUT2D eigenvalue weighted by molar-refractivity contribution is 6.02. The number of nitrogens with one attached hydrogen (secondary N) is 2. The number of rotatable bonds is 0. The molecular weight excluding hydrogens is 198 g/mol. The standard InChI is InChI=1S/C13H15N3/c14-10-5-1-3-8-7-9-4-2-6-11(15)13(9)16-12(8)10/h7,14-15H,1-6H2. The number of nitrogens with zero attached hydrogens (tertiary/aromatic N) is 1. The van der Waals surface area contributed by atoms with Crippen LogP contribution in [0.3, 0.4) is 0 Å². The van der Waals surface area contributed by atoms with Gasteiger partial charge in [0.1, 0.15) is 0 Å². The van der Waals surface area contributed by atoms with E-state index < -0.39 is 0 Å². The third kappa shape index (κ3) is 1.39. The monoisotopic (exact) mass is 213 g/mol. The van der Waals surface area contributed by atoms with Crippen LogP contribution in [0.15, 0.2) is 6.07 Å². The molecule has 0 aromatic carbocycles. The number of aromatic nitrogens is 1. The Bertz CT molecular complexity index is 447. The highest BCUT2D eigenvalue weighted by atomic mass is 14.8. The van der Waals surface area contributed by atoms with E-state index in [1.807, 2.05) is 0 Å². The van der Waals surface area contributed by atoms with Gasteiger partial charge in [-0.05, 0) is 49.7 Å². The summed E-state index contributed by atoms with van der Waals surface area (Å²) in [5, 5.41) is 15.8. The second kappa shape index (κ2) is 3.51. The van der Waals surface area contributed by atoms with Crippen LogP contribution in [0.25, 0.3) is 0 Å². The summed E-state index contributed by atoms with van der Waals surface area (Å²) in [5.41, 5.74) is 5.48. The molecule has 1 heterocycles. The minimum Gasteiger partial charge on any atom is -0.303 e. The van der Waals surface area contributed by atoms with Crippen molar-refractivity contribution >= 4 is 11.4 Å².